The number of benzene rings is 2. The minimum atomic E-state index is -0.494. The molecule has 8 heteroatoms. The summed E-state index contributed by atoms with van der Waals surface area (Å²) in [5, 5.41) is 9.95. The van der Waals surface area contributed by atoms with Crippen molar-refractivity contribution in [3.05, 3.63) is 64.7 Å². The molecule has 0 spiro atoms. The van der Waals surface area contributed by atoms with Gasteiger partial charge in [-0.1, -0.05) is 53.7 Å². The predicted octanol–water partition coefficient (Wildman–Crippen LogP) is 3.49. The molecule has 2 heterocycles. The molecule has 4 rings (SSSR count). The highest BCUT2D eigenvalue weighted by atomic mass is 35.5. The Bertz CT molecular complexity index is 894. The molecule has 2 aromatic rings. The molecule has 0 saturated carbocycles. The SMILES string of the molecule is COC1C(Sc2cc(Cl)ccc2C#N)OC2COC(c3ccccc3)OC2C1N. The Balaban J connectivity index is 1.53. The van der Waals surface area contributed by atoms with E-state index in [0.29, 0.717) is 17.2 Å². The fraction of sp³-hybridized carbons (Fsp3) is 0.381. The first kappa shape index (κ1) is 20.6. The molecule has 0 bridgehead atoms. The van der Waals surface area contributed by atoms with Crippen molar-refractivity contribution in [1.29, 1.82) is 5.26 Å². The summed E-state index contributed by atoms with van der Waals surface area (Å²) in [5.41, 5.74) is 7.56. The maximum atomic E-state index is 9.40. The van der Waals surface area contributed by atoms with Crippen LogP contribution in [0.5, 0.6) is 0 Å². The Morgan fingerprint density at radius 2 is 2.00 bits per heavy atom. The van der Waals surface area contributed by atoms with Crippen molar-refractivity contribution in [2.24, 2.45) is 5.73 Å². The molecule has 2 N–H and O–H groups in total. The van der Waals surface area contributed by atoms with Gasteiger partial charge in [0.25, 0.3) is 0 Å². The minimum Gasteiger partial charge on any atom is -0.376 e. The van der Waals surface area contributed by atoms with Crippen molar-refractivity contribution >= 4 is 23.4 Å². The lowest BCUT2D eigenvalue weighted by Crippen LogP contribution is -2.64. The van der Waals surface area contributed by atoms with Crippen molar-refractivity contribution < 1.29 is 18.9 Å². The summed E-state index contributed by atoms with van der Waals surface area (Å²) in [4.78, 5) is 0.720. The Morgan fingerprint density at radius 1 is 1.21 bits per heavy atom. The molecule has 2 aliphatic rings. The van der Waals surface area contributed by atoms with E-state index in [0.717, 1.165) is 10.5 Å². The topological polar surface area (TPSA) is 86.7 Å². The Labute approximate surface area is 178 Å². The van der Waals surface area contributed by atoms with Crippen LogP contribution in [0.3, 0.4) is 0 Å². The first-order valence-corrected chi connectivity index (χ1v) is 10.5. The Morgan fingerprint density at radius 3 is 2.72 bits per heavy atom. The Kier molecular flexibility index (Phi) is 6.42. The van der Waals surface area contributed by atoms with E-state index in [1.807, 2.05) is 30.3 Å². The molecule has 6 atom stereocenters. The van der Waals surface area contributed by atoms with Crippen LogP contribution in [0.1, 0.15) is 17.4 Å². The number of methoxy groups -OCH3 is 1. The van der Waals surface area contributed by atoms with E-state index >= 15 is 0 Å². The maximum absolute atomic E-state index is 9.40. The molecule has 29 heavy (non-hydrogen) atoms. The number of nitrogens with zero attached hydrogens (tertiary/aromatic N) is 1. The van der Waals surface area contributed by atoms with Gasteiger partial charge in [0.15, 0.2) is 6.29 Å². The first-order valence-electron chi connectivity index (χ1n) is 9.23. The van der Waals surface area contributed by atoms with Crippen molar-refractivity contribution in [1.82, 2.24) is 0 Å². The molecule has 6 nitrogen and oxygen atoms in total. The van der Waals surface area contributed by atoms with E-state index in [1.165, 1.54) is 11.8 Å². The second kappa shape index (κ2) is 9.02. The van der Waals surface area contributed by atoms with Crippen LogP contribution in [0.4, 0.5) is 0 Å². The lowest BCUT2D eigenvalue weighted by Gasteiger charge is -2.48. The van der Waals surface area contributed by atoms with Crippen molar-refractivity contribution in [2.45, 2.75) is 41.0 Å². The lowest BCUT2D eigenvalue weighted by molar-refractivity contribution is -0.298. The highest BCUT2D eigenvalue weighted by molar-refractivity contribution is 7.99. The zero-order chi connectivity index (χ0) is 20.4. The largest absolute Gasteiger partial charge is 0.376 e. The number of hydrogen-bond donors (Lipinski definition) is 1. The van der Waals surface area contributed by atoms with E-state index in [2.05, 4.69) is 6.07 Å². The third-order valence-electron chi connectivity index (χ3n) is 5.05. The standard InChI is InChI=1S/C21H21ClN2O4S/c1-25-19-17(24)18-15(11-26-20(28-18)12-5-3-2-4-6-12)27-21(19)29-16-9-14(22)8-7-13(16)10-23/h2-9,15,17-21H,11,24H2,1H3. The van der Waals surface area contributed by atoms with Crippen LogP contribution in [0, 0.1) is 11.3 Å². The number of halogens is 1. The summed E-state index contributed by atoms with van der Waals surface area (Å²) in [6, 6.07) is 16.6. The smallest absolute Gasteiger partial charge is 0.184 e. The third-order valence-corrected chi connectivity index (χ3v) is 6.48. The molecule has 0 radical (unpaired) electrons. The summed E-state index contributed by atoms with van der Waals surface area (Å²) in [7, 11) is 1.60. The molecule has 2 aromatic carbocycles. The average molecular weight is 433 g/mol. The molecule has 0 aliphatic carbocycles. The number of nitriles is 1. The van der Waals surface area contributed by atoms with Crippen molar-refractivity contribution in [2.75, 3.05) is 13.7 Å². The Hall–Kier alpha value is -1.63. The van der Waals surface area contributed by atoms with Gasteiger partial charge in [-0.3, -0.25) is 0 Å². The highest BCUT2D eigenvalue weighted by Gasteiger charge is 2.49. The van der Waals surface area contributed by atoms with Gasteiger partial charge in [0.1, 0.15) is 29.8 Å². The normalized spacial score (nSPS) is 31.7. The van der Waals surface area contributed by atoms with Crippen LogP contribution in [0.2, 0.25) is 5.02 Å². The van der Waals surface area contributed by atoms with Gasteiger partial charge in [0, 0.05) is 22.6 Å². The van der Waals surface area contributed by atoms with Crippen LogP contribution in [-0.2, 0) is 18.9 Å². The average Bonchev–Trinajstić information content (AvgIpc) is 2.75. The number of fused-ring (bicyclic) bond motifs is 1. The van der Waals surface area contributed by atoms with E-state index in [4.69, 9.17) is 36.3 Å². The van der Waals surface area contributed by atoms with Gasteiger partial charge in [-0.05, 0) is 18.2 Å². The monoisotopic (exact) mass is 432 g/mol. The van der Waals surface area contributed by atoms with Gasteiger partial charge >= 0.3 is 0 Å². The summed E-state index contributed by atoms with van der Waals surface area (Å²) < 4.78 is 24.0. The summed E-state index contributed by atoms with van der Waals surface area (Å²) in [6.45, 7) is 0.353. The molecule has 0 aromatic heterocycles. The third kappa shape index (κ3) is 4.30. The molecule has 2 saturated heterocycles. The van der Waals surface area contributed by atoms with Crippen LogP contribution in [-0.4, -0.2) is 43.5 Å². The fourth-order valence-electron chi connectivity index (χ4n) is 3.58. The van der Waals surface area contributed by atoms with Gasteiger partial charge < -0.3 is 24.7 Å². The van der Waals surface area contributed by atoms with E-state index in [1.54, 1.807) is 25.3 Å². The van der Waals surface area contributed by atoms with Gasteiger partial charge in [0.2, 0.25) is 0 Å². The highest BCUT2D eigenvalue weighted by Crippen LogP contribution is 2.40. The quantitative estimate of drug-likeness (QED) is 0.791. The van der Waals surface area contributed by atoms with Crippen LogP contribution in [0.15, 0.2) is 53.4 Å². The van der Waals surface area contributed by atoms with Gasteiger partial charge in [-0.2, -0.15) is 5.26 Å². The molecular formula is C21H21ClN2O4S. The number of rotatable bonds is 4. The molecular weight excluding hydrogens is 412 g/mol. The maximum Gasteiger partial charge on any atom is 0.184 e. The summed E-state index contributed by atoms with van der Waals surface area (Å²) in [5.74, 6) is 0. The van der Waals surface area contributed by atoms with Crippen molar-refractivity contribution in [3.63, 3.8) is 0 Å². The molecule has 2 fully saturated rings. The van der Waals surface area contributed by atoms with Crippen molar-refractivity contribution in [3.8, 4) is 6.07 Å². The summed E-state index contributed by atoms with van der Waals surface area (Å²) >= 11 is 7.49. The summed E-state index contributed by atoms with van der Waals surface area (Å²) in [6.07, 6.45) is -1.63. The van der Waals surface area contributed by atoms with Crippen LogP contribution >= 0.6 is 23.4 Å². The van der Waals surface area contributed by atoms with E-state index in [9.17, 15) is 5.26 Å². The van der Waals surface area contributed by atoms with Gasteiger partial charge in [-0.15, -0.1) is 0 Å². The second-order valence-electron chi connectivity index (χ2n) is 6.87. The first-order chi connectivity index (χ1) is 14.1. The van der Waals surface area contributed by atoms with Gasteiger partial charge in [0.05, 0.1) is 18.2 Å². The van der Waals surface area contributed by atoms with Crippen LogP contribution < -0.4 is 5.73 Å². The second-order valence-corrected chi connectivity index (χ2v) is 8.44. The molecule has 0 amide bonds. The number of ether oxygens (including phenoxy) is 4. The number of thioether (sulfide) groups is 1. The number of hydrogen-bond acceptors (Lipinski definition) is 7. The predicted molar refractivity (Wildman–Crippen MR) is 109 cm³/mol. The zero-order valence-electron chi connectivity index (χ0n) is 15.7. The van der Waals surface area contributed by atoms with Gasteiger partial charge in [-0.25, -0.2) is 0 Å². The number of nitrogens with two attached hydrogens (primary N) is 1. The molecule has 152 valence electrons. The lowest BCUT2D eigenvalue weighted by atomic mass is 9.97. The minimum absolute atomic E-state index is 0.335. The zero-order valence-corrected chi connectivity index (χ0v) is 17.3. The molecule has 6 unspecified atom stereocenters. The van der Waals surface area contributed by atoms with E-state index in [-0.39, 0.29) is 12.2 Å². The molecule has 2 aliphatic heterocycles. The van der Waals surface area contributed by atoms with E-state index < -0.39 is 23.9 Å². The van der Waals surface area contributed by atoms with Crippen LogP contribution in [0.25, 0.3) is 0 Å². The fourth-order valence-corrected chi connectivity index (χ4v) is 5.13.